The molecule has 1 amide bonds. The van der Waals surface area contributed by atoms with E-state index in [0.29, 0.717) is 21.3 Å². The second kappa shape index (κ2) is 10.3. The van der Waals surface area contributed by atoms with E-state index in [9.17, 15) is 14.4 Å². The van der Waals surface area contributed by atoms with Gasteiger partial charge in [0, 0.05) is 21.3 Å². The van der Waals surface area contributed by atoms with Crippen LogP contribution in [0.1, 0.15) is 11.1 Å². The molecule has 0 atom stereocenters. The molecule has 0 fully saturated rings. The summed E-state index contributed by atoms with van der Waals surface area (Å²) in [5.41, 5.74) is 1.34. The molecule has 8 heteroatoms. The van der Waals surface area contributed by atoms with Crippen molar-refractivity contribution < 1.29 is 13.9 Å². The Bertz CT molecular complexity index is 1170. The monoisotopic (exact) mass is 474 g/mol. The van der Waals surface area contributed by atoms with E-state index >= 15 is 0 Å². The van der Waals surface area contributed by atoms with Crippen LogP contribution in [0.5, 0.6) is 5.75 Å². The molecule has 0 spiro atoms. The number of nitrogens with one attached hydrogen (secondary N) is 1. The van der Waals surface area contributed by atoms with E-state index in [1.807, 2.05) is 6.07 Å². The quantitative estimate of drug-likeness (QED) is 0.311. The fourth-order valence-electron chi connectivity index (χ4n) is 2.61. The van der Waals surface area contributed by atoms with Gasteiger partial charge in [-0.1, -0.05) is 46.9 Å². The Kier molecular flexibility index (Phi) is 7.54. The molecule has 0 saturated heterocycles. The van der Waals surface area contributed by atoms with Crippen LogP contribution in [0, 0.1) is 17.1 Å². The van der Waals surface area contributed by atoms with E-state index in [1.165, 1.54) is 42.5 Å². The molecule has 0 saturated carbocycles. The van der Waals surface area contributed by atoms with Crippen LogP contribution in [-0.4, -0.2) is 5.91 Å². The van der Waals surface area contributed by atoms with E-state index in [1.54, 1.807) is 24.3 Å². The molecule has 0 aliphatic rings. The average Bonchev–Trinajstić information content (AvgIpc) is 2.74. The van der Waals surface area contributed by atoms with Gasteiger partial charge in [-0.15, -0.1) is 0 Å². The maximum atomic E-state index is 13.0. The van der Waals surface area contributed by atoms with Crippen molar-refractivity contribution in [3.05, 3.63) is 98.2 Å². The molecule has 0 heterocycles. The van der Waals surface area contributed by atoms with Crippen molar-refractivity contribution in [3.8, 4) is 11.8 Å². The third-order valence-corrected chi connectivity index (χ3v) is 4.85. The molecular formula is C23H14Cl3FN2O2. The first-order chi connectivity index (χ1) is 14.9. The van der Waals surface area contributed by atoms with Crippen LogP contribution >= 0.6 is 34.8 Å². The molecule has 3 aromatic carbocycles. The molecule has 4 nitrogen and oxygen atoms in total. The molecule has 156 valence electrons. The number of ether oxygens (including phenoxy) is 1. The summed E-state index contributed by atoms with van der Waals surface area (Å²) in [5.74, 6) is -0.845. The van der Waals surface area contributed by atoms with Crippen LogP contribution < -0.4 is 10.1 Å². The lowest BCUT2D eigenvalue weighted by atomic mass is 10.1. The Balaban J connectivity index is 1.87. The third kappa shape index (κ3) is 6.22. The molecule has 0 unspecified atom stereocenters. The summed E-state index contributed by atoms with van der Waals surface area (Å²) in [6.45, 7) is 0.184. The summed E-state index contributed by atoms with van der Waals surface area (Å²) >= 11 is 18.3. The number of amides is 1. The zero-order valence-corrected chi connectivity index (χ0v) is 18.1. The summed E-state index contributed by atoms with van der Waals surface area (Å²) in [5, 5.41) is 13.2. The highest BCUT2D eigenvalue weighted by atomic mass is 35.5. The Hall–Kier alpha value is -3.04. The second-order valence-electron chi connectivity index (χ2n) is 6.35. The minimum atomic E-state index is -0.672. The van der Waals surface area contributed by atoms with Gasteiger partial charge in [-0.05, 0) is 60.2 Å². The van der Waals surface area contributed by atoms with Crippen molar-refractivity contribution in [2.45, 2.75) is 6.61 Å². The van der Waals surface area contributed by atoms with Crippen LogP contribution in [0.3, 0.4) is 0 Å². The van der Waals surface area contributed by atoms with Gasteiger partial charge in [-0.25, -0.2) is 4.39 Å². The van der Waals surface area contributed by atoms with Gasteiger partial charge in [0.05, 0.1) is 5.02 Å². The van der Waals surface area contributed by atoms with Crippen molar-refractivity contribution in [1.82, 2.24) is 0 Å². The molecule has 31 heavy (non-hydrogen) atoms. The van der Waals surface area contributed by atoms with E-state index in [0.717, 1.165) is 5.56 Å². The number of hydrogen-bond acceptors (Lipinski definition) is 3. The lowest BCUT2D eigenvalue weighted by Crippen LogP contribution is -2.13. The number of carbonyl (C=O) groups excluding carboxylic acids is 1. The second-order valence-corrected chi connectivity index (χ2v) is 7.63. The van der Waals surface area contributed by atoms with E-state index in [-0.39, 0.29) is 23.0 Å². The van der Waals surface area contributed by atoms with Crippen LogP contribution in [-0.2, 0) is 11.4 Å². The van der Waals surface area contributed by atoms with E-state index in [2.05, 4.69) is 5.32 Å². The number of rotatable bonds is 6. The largest absolute Gasteiger partial charge is 0.487 e. The summed E-state index contributed by atoms with van der Waals surface area (Å²) in [6, 6.07) is 17.1. The van der Waals surface area contributed by atoms with Gasteiger partial charge in [-0.3, -0.25) is 4.79 Å². The molecule has 1 N–H and O–H groups in total. The first kappa shape index (κ1) is 22.6. The topological polar surface area (TPSA) is 62.1 Å². The SMILES string of the molecule is N#C/C(=C\c1cc(Cl)cc(Cl)c1OCc1ccc(Cl)cc1)C(=O)Nc1ccc(F)cc1. The first-order valence-electron chi connectivity index (χ1n) is 8.90. The number of benzene rings is 3. The minimum absolute atomic E-state index is 0.184. The molecule has 0 aliphatic carbocycles. The van der Waals surface area contributed by atoms with Crippen LogP contribution in [0.2, 0.25) is 15.1 Å². The van der Waals surface area contributed by atoms with E-state index in [4.69, 9.17) is 39.5 Å². The maximum absolute atomic E-state index is 13.0. The standard InChI is InChI=1S/C23H14Cl3FN2O2/c24-17-3-1-14(2-4-17)13-31-22-15(10-18(25)11-21(22)26)9-16(12-28)23(30)29-20-7-5-19(27)6-8-20/h1-11H,13H2,(H,29,30)/b16-9+. The van der Waals surface area contributed by atoms with Crippen LogP contribution in [0.15, 0.2) is 66.2 Å². The normalized spacial score (nSPS) is 11.0. The zero-order chi connectivity index (χ0) is 22.4. The molecular weight excluding hydrogens is 462 g/mol. The number of nitriles is 1. The lowest BCUT2D eigenvalue weighted by Gasteiger charge is -2.13. The van der Waals surface area contributed by atoms with E-state index < -0.39 is 11.7 Å². The van der Waals surface area contributed by atoms with Gasteiger partial charge in [0.1, 0.15) is 29.8 Å². The molecule has 3 rings (SSSR count). The smallest absolute Gasteiger partial charge is 0.266 e. The molecule has 0 aliphatic heterocycles. The summed E-state index contributed by atoms with van der Waals surface area (Å²) < 4.78 is 18.9. The van der Waals surface area contributed by atoms with Crippen LogP contribution in [0.4, 0.5) is 10.1 Å². The summed E-state index contributed by atoms with van der Waals surface area (Å²) in [4.78, 5) is 12.5. The van der Waals surface area contributed by atoms with Gasteiger partial charge in [-0.2, -0.15) is 5.26 Å². The highest BCUT2D eigenvalue weighted by molar-refractivity contribution is 6.36. The number of anilines is 1. The molecule has 0 aromatic heterocycles. The van der Waals surface area contributed by atoms with Crippen molar-refractivity contribution in [2.75, 3.05) is 5.32 Å². The molecule has 0 radical (unpaired) electrons. The number of nitrogens with zero attached hydrogens (tertiary/aromatic N) is 1. The minimum Gasteiger partial charge on any atom is -0.487 e. The van der Waals surface area contributed by atoms with Gasteiger partial charge >= 0.3 is 0 Å². The Morgan fingerprint density at radius 3 is 2.35 bits per heavy atom. The Labute approximate surface area is 193 Å². The Morgan fingerprint density at radius 2 is 1.71 bits per heavy atom. The third-order valence-electron chi connectivity index (χ3n) is 4.10. The van der Waals surface area contributed by atoms with Crippen molar-refractivity contribution in [3.63, 3.8) is 0 Å². The number of hydrogen-bond donors (Lipinski definition) is 1. The zero-order valence-electron chi connectivity index (χ0n) is 15.8. The van der Waals surface area contributed by atoms with Gasteiger partial charge in [0.25, 0.3) is 5.91 Å². The summed E-state index contributed by atoms with van der Waals surface area (Å²) in [7, 11) is 0. The fourth-order valence-corrected chi connectivity index (χ4v) is 3.30. The predicted molar refractivity (Wildman–Crippen MR) is 121 cm³/mol. The average molecular weight is 476 g/mol. The highest BCUT2D eigenvalue weighted by Gasteiger charge is 2.15. The van der Waals surface area contributed by atoms with Crippen molar-refractivity contribution in [2.24, 2.45) is 0 Å². The lowest BCUT2D eigenvalue weighted by molar-refractivity contribution is -0.112. The molecule has 0 bridgehead atoms. The van der Waals surface area contributed by atoms with Gasteiger partial charge in [0.15, 0.2) is 0 Å². The van der Waals surface area contributed by atoms with Crippen molar-refractivity contribution >= 4 is 52.5 Å². The Morgan fingerprint density at radius 1 is 1.03 bits per heavy atom. The van der Waals surface area contributed by atoms with Crippen LogP contribution in [0.25, 0.3) is 6.08 Å². The molecule has 3 aromatic rings. The highest BCUT2D eigenvalue weighted by Crippen LogP contribution is 2.34. The number of halogens is 4. The fraction of sp³-hybridized carbons (Fsp3) is 0.0435. The van der Waals surface area contributed by atoms with Gasteiger partial charge in [0.2, 0.25) is 0 Å². The maximum Gasteiger partial charge on any atom is 0.266 e. The number of carbonyl (C=O) groups is 1. The summed E-state index contributed by atoms with van der Waals surface area (Å²) in [6.07, 6.45) is 1.33. The predicted octanol–water partition coefficient (Wildman–Crippen LogP) is 6.91. The van der Waals surface area contributed by atoms with Crippen molar-refractivity contribution in [1.29, 1.82) is 5.26 Å². The van der Waals surface area contributed by atoms with Gasteiger partial charge < -0.3 is 10.1 Å². The first-order valence-corrected chi connectivity index (χ1v) is 10.0.